The zero-order chi connectivity index (χ0) is 11.8. The molecule has 1 aliphatic rings. The van der Waals surface area contributed by atoms with Crippen LogP contribution in [0.4, 0.5) is 0 Å². The van der Waals surface area contributed by atoms with Crippen LogP contribution < -0.4 is 0 Å². The lowest BCUT2D eigenvalue weighted by Crippen LogP contribution is -2.19. The Morgan fingerprint density at radius 2 is 2.00 bits per heavy atom. The molecule has 0 unspecified atom stereocenters. The third kappa shape index (κ3) is 1.68. The van der Waals surface area contributed by atoms with Crippen LogP contribution in [0, 0.1) is 6.92 Å². The maximum Gasteiger partial charge on any atom is 0.140 e. The Morgan fingerprint density at radius 1 is 1.24 bits per heavy atom. The van der Waals surface area contributed by atoms with Gasteiger partial charge in [-0.3, -0.25) is 4.79 Å². The normalized spacial score (nSPS) is 14.8. The molecule has 0 bridgehead atoms. The second-order valence-corrected chi connectivity index (χ2v) is 4.45. The van der Waals surface area contributed by atoms with E-state index in [1.165, 1.54) is 0 Å². The van der Waals surface area contributed by atoms with E-state index in [-0.39, 0.29) is 0 Å². The Balaban J connectivity index is 2.14. The smallest absolute Gasteiger partial charge is 0.140 e. The number of carbonyl (C=O) groups excluding carboxylic acids is 1. The zero-order valence-electron chi connectivity index (χ0n) is 9.81. The summed E-state index contributed by atoms with van der Waals surface area (Å²) in [6.07, 6.45) is 1.16. The molecule has 3 rings (SSSR count). The molecule has 0 N–H and O–H groups in total. The van der Waals surface area contributed by atoms with Gasteiger partial charge in [0.05, 0.1) is 5.69 Å². The van der Waals surface area contributed by atoms with Crippen molar-refractivity contribution in [3.63, 3.8) is 0 Å². The lowest BCUT2D eigenvalue weighted by molar-refractivity contribution is -0.119. The summed E-state index contributed by atoms with van der Waals surface area (Å²) in [6, 6.07) is 10.2. The van der Waals surface area contributed by atoms with Gasteiger partial charge in [0.25, 0.3) is 0 Å². The van der Waals surface area contributed by atoms with E-state index in [1.54, 1.807) is 0 Å². The molecule has 0 atom stereocenters. The molecular weight excluding hydrogens is 212 g/mol. The largest absolute Gasteiger partial charge is 0.327 e. The maximum absolute atomic E-state index is 11.5. The number of fused-ring (bicyclic) bond motifs is 1. The van der Waals surface area contributed by atoms with Crippen molar-refractivity contribution in [1.82, 2.24) is 9.55 Å². The van der Waals surface area contributed by atoms with Crippen LogP contribution in [0.2, 0.25) is 0 Å². The van der Waals surface area contributed by atoms with Gasteiger partial charge in [-0.1, -0.05) is 30.3 Å². The Labute approximate surface area is 100 Å². The SMILES string of the molecule is Cc1nc(-c2ccccc2)n2c1CC(=O)CC2. The van der Waals surface area contributed by atoms with Crippen molar-refractivity contribution in [1.29, 1.82) is 0 Å². The Kier molecular flexibility index (Phi) is 2.32. The number of hydrogen-bond acceptors (Lipinski definition) is 2. The Hall–Kier alpha value is -1.90. The average Bonchev–Trinajstić information content (AvgIpc) is 2.68. The highest BCUT2D eigenvalue weighted by Gasteiger charge is 2.22. The third-order valence-electron chi connectivity index (χ3n) is 3.28. The van der Waals surface area contributed by atoms with Crippen LogP contribution in [0.5, 0.6) is 0 Å². The molecule has 86 valence electrons. The minimum absolute atomic E-state index is 0.320. The van der Waals surface area contributed by atoms with Crippen molar-refractivity contribution in [2.75, 3.05) is 0 Å². The molecule has 3 nitrogen and oxygen atoms in total. The van der Waals surface area contributed by atoms with E-state index in [0.717, 1.165) is 29.3 Å². The molecule has 0 saturated carbocycles. The minimum atomic E-state index is 0.320. The number of rotatable bonds is 1. The van der Waals surface area contributed by atoms with Crippen molar-refractivity contribution >= 4 is 5.78 Å². The van der Waals surface area contributed by atoms with Crippen LogP contribution in [0.15, 0.2) is 30.3 Å². The number of hydrogen-bond donors (Lipinski definition) is 0. The average molecular weight is 226 g/mol. The summed E-state index contributed by atoms with van der Waals surface area (Å²) in [4.78, 5) is 16.1. The zero-order valence-corrected chi connectivity index (χ0v) is 9.81. The van der Waals surface area contributed by atoms with Crippen molar-refractivity contribution in [3.8, 4) is 11.4 Å². The first kappa shape index (κ1) is 10.3. The van der Waals surface area contributed by atoms with Crippen LogP contribution in [0.1, 0.15) is 17.8 Å². The molecule has 0 spiro atoms. The second-order valence-electron chi connectivity index (χ2n) is 4.45. The summed E-state index contributed by atoms with van der Waals surface area (Å²) in [6.45, 7) is 2.75. The van der Waals surface area contributed by atoms with Gasteiger partial charge in [0, 0.05) is 30.6 Å². The monoisotopic (exact) mass is 226 g/mol. The summed E-state index contributed by atoms with van der Waals surface area (Å²) in [5.74, 6) is 1.31. The van der Waals surface area contributed by atoms with E-state index < -0.39 is 0 Å². The topological polar surface area (TPSA) is 34.9 Å². The summed E-state index contributed by atoms with van der Waals surface area (Å²) in [5, 5.41) is 0. The summed E-state index contributed by atoms with van der Waals surface area (Å²) in [7, 11) is 0. The first-order valence-electron chi connectivity index (χ1n) is 5.89. The fraction of sp³-hybridized carbons (Fsp3) is 0.286. The van der Waals surface area contributed by atoms with E-state index in [0.29, 0.717) is 18.6 Å². The molecule has 1 aromatic heterocycles. The predicted molar refractivity (Wildman–Crippen MR) is 65.7 cm³/mol. The minimum Gasteiger partial charge on any atom is -0.327 e. The van der Waals surface area contributed by atoms with Crippen LogP contribution in [-0.4, -0.2) is 15.3 Å². The van der Waals surface area contributed by atoms with Crippen molar-refractivity contribution in [2.24, 2.45) is 0 Å². The summed E-state index contributed by atoms with van der Waals surface area (Å²) in [5.41, 5.74) is 3.19. The third-order valence-corrected chi connectivity index (χ3v) is 3.28. The highest BCUT2D eigenvalue weighted by Crippen LogP contribution is 2.25. The quantitative estimate of drug-likeness (QED) is 0.748. The fourth-order valence-electron chi connectivity index (χ4n) is 2.39. The lowest BCUT2D eigenvalue weighted by atomic mass is 10.1. The number of aryl methyl sites for hydroxylation is 1. The van der Waals surface area contributed by atoms with Gasteiger partial charge >= 0.3 is 0 Å². The molecule has 0 amide bonds. The van der Waals surface area contributed by atoms with Crippen LogP contribution in [0.25, 0.3) is 11.4 Å². The van der Waals surface area contributed by atoms with Gasteiger partial charge in [0.2, 0.25) is 0 Å². The Bertz CT molecular complexity index is 569. The van der Waals surface area contributed by atoms with E-state index >= 15 is 0 Å². The Morgan fingerprint density at radius 3 is 2.76 bits per heavy atom. The molecule has 1 aliphatic heterocycles. The highest BCUT2D eigenvalue weighted by atomic mass is 16.1. The van der Waals surface area contributed by atoms with Gasteiger partial charge in [0.1, 0.15) is 11.6 Å². The van der Waals surface area contributed by atoms with Gasteiger partial charge in [-0.05, 0) is 6.92 Å². The van der Waals surface area contributed by atoms with E-state index in [1.807, 2.05) is 25.1 Å². The van der Waals surface area contributed by atoms with Gasteiger partial charge < -0.3 is 4.57 Å². The van der Waals surface area contributed by atoms with Crippen LogP contribution in [-0.2, 0) is 17.8 Å². The van der Waals surface area contributed by atoms with Gasteiger partial charge in [-0.15, -0.1) is 0 Å². The molecule has 0 aliphatic carbocycles. The highest BCUT2D eigenvalue weighted by molar-refractivity contribution is 5.82. The van der Waals surface area contributed by atoms with E-state index in [2.05, 4.69) is 21.7 Å². The second kappa shape index (κ2) is 3.84. The number of nitrogens with zero attached hydrogens (tertiary/aromatic N) is 2. The van der Waals surface area contributed by atoms with Gasteiger partial charge in [-0.2, -0.15) is 0 Å². The fourth-order valence-corrected chi connectivity index (χ4v) is 2.39. The van der Waals surface area contributed by atoms with Crippen molar-refractivity contribution in [2.45, 2.75) is 26.3 Å². The molecule has 0 saturated heterocycles. The number of imidazole rings is 1. The summed E-state index contributed by atoms with van der Waals surface area (Å²) < 4.78 is 2.19. The number of carbonyl (C=O) groups is 1. The molecule has 1 aromatic carbocycles. The molecule has 2 heterocycles. The molecule has 3 heteroatoms. The van der Waals surface area contributed by atoms with E-state index in [9.17, 15) is 4.79 Å². The molecular formula is C14H14N2O. The standard InChI is InChI=1S/C14H14N2O/c1-10-13-9-12(17)7-8-16(13)14(15-10)11-5-3-2-4-6-11/h2-6H,7-9H2,1H3. The van der Waals surface area contributed by atoms with Gasteiger partial charge in [-0.25, -0.2) is 4.98 Å². The molecule has 17 heavy (non-hydrogen) atoms. The van der Waals surface area contributed by atoms with Crippen molar-refractivity contribution in [3.05, 3.63) is 41.7 Å². The number of aromatic nitrogens is 2. The van der Waals surface area contributed by atoms with Gasteiger partial charge in [0.15, 0.2) is 0 Å². The molecule has 2 aromatic rings. The molecule has 0 radical (unpaired) electrons. The lowest BCUT2D eigenvalue weighted by Gasteiger charge is -2.16. The van der Waals surface area contributed by atoms with Crippen molar-refractivity contribution < 1.29 is 4.79 Å². The number of Topliss-reactive ketones (excluding diaryl/α,β-unsaturated/α-hetero) is 1. The summed E-state index contributed by atoms with van der Waals surface area (Å²) >= 11 is 0. The first-order chi connectivity index (χ1) is 8.25. The predicted octanol–water partition coefficient (Wildman–Crippen LogP) is 2.37. The molecule has 0 fully saturated rings. The van der Waals surface area contributed by atoms with Crippen LogP contribution in [0.3, 0.4) is 0 Å². The van der Waals surface area contributed by atoms with E-state index in [4.69, 9.17) is 0 Å². The number of benzene rings is 1. The van der Waals surface area contributed by atoms with Crippen LogP contribution >= 0.6 is 0 Å². The first-order valence-corrected chi connectivity index (χ1v) is 5.89. The maximum atomic E-state index is 11.5. The number of ketones is 1.